The van der Waals surface area contributed by atoms with Crippen molar-refractivity contribution in [2.24, 2.45) is 5.73 Å². The van der Waals surface area contributed by atoms with Crippen LogP contribution in [0.2, 0.25) is 0 Å². The van der Waals surface area contributed by atoms with Gasteiger partial charge in [-0.05, 0) is 42.3 Å². The molecular weight excluding hydrogens is 280 g/mol. The molecule has 0 unspecified atom stereocenters. The summed E-state index contributed by atoms with van der Waals surface area (Å²) >= 11 is 0. The summed E-state index contributed by atoms with van der Waals surface area (Å²) < 4.78 is 0. The van der Waals surface area contributed by atoms with Crippen molar-refractivity contribution in [3.8, 4) is 0 Å². The molecule has 0 bridgehead atoms. The number of urea groups is 1. The second-order valence-corrected chi connectivity index (χ2v) is 5.14. The van der Waals surface area contributed by atoms with Gasteiger partial charge in [-0.2, -0.15) is 0 Å². The second kappa shape index (κ2) is 5.40. The molecule has 0 spiro atoms. The number of carbonyl (C=O) groups excluding carboxylic acids is 2. The van der Waals surface area contributed by atoms with Crippen LogP contribution in [0, 0.1) is 0 Å². The number of primary amides is 1. The summed E-state index contributed by atoms with van der Waals surface area (Å²) in [4.78, 5) is 26.2. The largest absolute Gasteiger partial charge is 0.361 e. The number of anilines is 1. The van der Waals surface area contributed by atoms with Crippen LogP contribution in [-0.4, -0.2) is 16.9 Å². The standard InChI is InChI=1S/C16H16N4O2/c1-9(12-3-2-6-18-12)14-11-7-10(8-19-16(17)22)4-5-13(11)20-15(14)21/h2-7,18H,8H2,1H3,(H,20,21)(H3,17,19,22)/b14-9-. The van der Waals surface area contributed by atoms with E-state index in [4.69, 9.17) is 5.73 Å². The van der Waals surface area contributed by atoms with E-state index in [9.17, 15) is 9.59 Å². The maximum atomic E-state index is 12.3. The fourth-order valence-corrected chi connectivity index (χ4v) is 2.58. The van der Waals surface area contributed by atoms with E-state index in [1.807, 2.05) is 43.5 Å². The van der Waals surface area contributed by atoms with Gasteiger partial charge in [0.2, 0.25) is 0 Å². The van der Waals surface area contributed by atoms with Crippen LogP contribution >= 0.6 is 0 Å². The molecule has 0 radical (unpaired) electrons. The molecule has 3 rings (SSSR count). The molecule has 112 valence electrons. The Bertz CT molecular complexity index is 775. The van der Waals surface area contributed by atoms with Crippen molar-refractivity contribution in [2.75, 3.05) is 5.32 Å². The van der Waals surface area contributed by atoms with Crippen molar-refractivity contribution in [1.29, 1.82) is 0 Å². The average molecular weight is 296 g/mol. The highest BCUT2D eigenvalue weighted by molar-refractivity contribution is 6.36. The third-order valence-corrected chi connectivity index (χ3v) is 3.67. The van der Waals surface area contributed by atoms with E-state index in [2.05, 4.69) is 15.6 Å². The normalized spacial score (nSPS) is 15.2. The summed E-state index contributed by atoms with van der Waals surface area (Å²) in [7, 11) is 0. The minimum atomic E-state index is -0.576. The molecule has 2 aromatic rings. The first-order valence-electron chi connectivity index (χ1n) is 6.89. The van der Waals surface area contributed by atoms with Gasteiger partial charge < -0.3 is 21.4 Å². The summed E-state index contributed by atoms with van der Waals surface area (Å²) in [5.41, 5.74) is 9.99. The van der Waals surface area contributed by atoms with Gasteiger partial charge in [0.05, 0.1) is 5.57 Å². The van der Waals surface area contributed by atoms with Crippen LogP contribution in [-0.2, 0) is 11.3 Å². The Morgan fingerprint density at radius 2 is 2.14 bits per heavy atom. The number of rotatable bonds is 3. The highest BCUT2D eigenvalue weighted by Gasteiger charge is 2.27. The Hall–Kier alpha value is -3.02. The molecule has 6 nitrogen and oxygen atoms in total. The van der Waals surface area contributed by atoms with Gasteiger partial charge in [-0.1, -0.05) is 6.07 Å². The number of fused-ring (bicyclic) bond motifs is 1. The van der Waals surface area contributed by atoms with Crippen LogP contribution < -0.4 is 16.4 Å². The third kappa shape index (κ3) is 2.46. The highest BCUT2D eigenvalue weighted by atomic mass is 16.2. The summed E-state index contributed by atoms with van der Waals surface area (Å²) in [6, 6.07) is 8.81. The summed E-state index contributed by atoms with van der Waals surface area (Å²) in [5.74, 6) is -0.123. The van der Waals surface area contributed by atoms with Crippen molar-refractivity contribution < 1.29 is 9.59 Å². The smallest absolute Gasteiger partial charge is 0.312 e. The molecule has 1 aliphatic heterocycles. The predicted octanol–water partition coefficient (Wildman–Crippen LogP) is 2.07. The van der Waals surface area contributed by atoms with E-state index in [1.165, 1.54) is 0 Å². The lowest BCUT2D eigenvalue weighted by Gasteiger charge is -2.07. The van der Waals surface area contributed by atoms with Crippen LogP contribution in [0.5, 0.6) is 0 Å². The Morgan fingerprint density at radius 1 is 1.32 bits per heavy atom. The van der Waals surface area contributed by atoms with Crippen molar-refractivity contribution in [3.05, 3.63) is 53.3 Å². The van der Waals surface area contributed by atoms with Crippen molar-refractivity contribution in [2.45, 2.75) is 13.5 Å². The minimum Gasteiger partial charge on any atom is -0.361 e. The molecule has 5 N–H and O–H groups in total. The molecule has 0 atom stereocenters. The zero-order valence-corrected chi connectivity index (χ0v) is 12.1. The molecule has 1 aromatic carbocycles. The lowest BCUT2D eigenvalue weighted by atomic mass is 9.98. The first-order chi connectivity index (χ1) is 10.6. The molecule has 0 aliphatic carbocycles. The monoisotopic (exact) mass is 296 g/mol. The molecule has 1 aromatic heterocycles. The highest BCUT2D eigenvalue weighted by Crippen LogP contribution is 2.37. The zero-order valence-electron chi connectivity index (χ0n) is 12.1. The van der Waals surface area contributed by atoms with E-state index in [0.717, 1.165) is 28.1 Å². The van der Waals surface area contributed by atoms with Crippen molar-refractivity contribution in [3.63, 3.8) is 0 Å². The maximum absolute atomic E-state index is 12.3. The van der Waals surface area contributed by atoms with Crippen LogP contribution in [0.1, 0.15) is 23.7 Å². The van der Waals surface area contributed by atoms with Gasteiger partial charge >= 0.3 is 6.03 Å². The molecule has 0 saturated carbocycles. The second-order valence-electron chi connectivity index (χ2n) is 5.14. The summed E-state index contributed by atoms with van der Waals surface area (Å²) in [5, 5.41) is 5.41. The molecule has 2 heterocycles. The van der Waals surface area contributed by atoms with Crippen molar-refractivity contribution in [1.82, 2.24) is 10.3 Å². The number of hydrogen-bond donors (Lipinski definition) is 4. The number of nitrogens with two attached hydrogens (primary N) is 1. The van der Waals surface area contributed by atoms with E-state index in [-0.39, 0.29) is 5.91 Å². The fraction of sp³-hybridized carbons (Fsp3) is 0.125. The molecule has 6 heteroatoms. The number of allylic oxidation sites excluding steroid dienone is 1. The van der Waals surface area contributed by atoms with E-state index in [1.54, 1.807) is 0 Å². The lowest BCUT2D eigenvalue weighted by Crippen LogP contribution is -2.28. The SMILES string of the molecule is C/C(=C1/C(=O)Nc2ccc(CNC(N)=O)cc21)c1ccc[nH]1. The first-order valence-corrected chi connectivity index (χ1v) is 6.89. The van der Waals surface area contributed by atoms with Crippen LogP contribution in [0.15, 0.2) is 36.5 Å². The average Bonchev–Trinajstić information content (AvgIpc) is 3.11. The van der Waals surface area contributed by atoms with Gasteiger partial charge in [0.1, 0.15) is 0 Å². The zero-order chi connectivity index (χ0) is 15.7. The molecule has 0 saturated heterocycles. The van der Waals surface area contributed by atoms with E-state index < -0.39 is 6.03 Å². The van der Waals surface area contributed by atoms with Gasteiger partial charge in [-0.25, -0.2) is 4.79 Å². The fourth-order valence-electron chi connectivity index (χ4n) is 2.58. The van der Waals surface area contributed by atoms with E-state index in [0.29, 0.717) is 12.1 Å². The molecule has 1 aliphatic rings. The number of H-pyrrole nitrogens is 1. The number of hydrogen-bond acceptors (Lipinski definition) is 2. The molecule has 22 heavy (non-hydrogen) atoms. The molecular formula is C16H16N4O2. The number of carbonyl (C=O) groups is 2. The topological polar surface area (TPSA) is 100 Å². The third-order valence-electron chi connectivity index (χ3n) is 3.67. The summed E-state index contributed by atoms with van der Waals surface area (Å²) in [6.45, 7) is 2.23. The van der Waals surface area contributed by atoms with Gasteiger partial charge in [-0.15, -0.1) is 0 Å². The number of nitrogens with one attached hydrogen (secondary N) is 3. The van der Waals surface area contributed by atoms with E-state index >= 15 is 0 Å². The first kappa shape index (κ1) is 13.9. The Kier molecular flexibility index (Phi) is 3.42. The van der Waals surface area contributed by atoms with Gasteiger partial charge in [-0.3, -0.25) is 4.79 Å². The molecule has 0 fully saturated rings. The Morgan fingerprint density at radius 3 is 2.82 bits per heavy atom. The Balaban J connectivity index is 2.02. The number of benzene rings is 1. The van der Waals surface area contributed by atoms with Crippen LogP contribution in [0.25, 0.3) is 11.1 Å². The lowest BCUT2D eigenvalue weighted by molar-refractivity contribution is -0.110. The quantitative estimate of drug-likeness (QED) is 0.652. The van der Waals surface area contributed by atoms with Crippen LogP contribution in [0.4, 0.5) is 10.5 Å². The number of amides is 3. The van der Waals surface area contributed by atoms with Crippen LogP contribution in [0.3, 0.4) is 0 Å². The maximum Gasteiger partial charge on any atom is 0.312 e. The number of aromatic nitrogens is 1. The summed E-state index contributed by atoms with van der Waals surface area (Å²) in [6.07, 6.45) is 1.82. The number of aromatic amines is 1. The molecule has 3 amide bonds. The minimum absolute atomic E-state index is 0.123. The van der Waals surface area contributed by atoms with Gasteiger partial charge in [0, 0.05) is 29.7 Å². The van der Waals surface area contributed by atoms with Gasteiger partial charge in [0.15, 0.2) is 0 Å². The van der Waals surface area contributed by atoms with Crippen molar-refractivity contribution >= 4 is 28.8 Å². The predicted molar refractivity (Wildman–Crippen MR) is 84.8 cm³/mol. The Labute approximate surface area is 127 Å². The van der Waals surface area contributed by atoms with Gasteiger partial charge in [0.25, 0.3) is 5.91 Å².